The van der Waals surface area contributed by atoms with Gasteiger partial charge >= 0.3 is 0 Å². The number of phenols is 1. The number of pyridine rings is 1. The van der Waals surface area contributed by atoms with E-state index >= 15 is 0 Å². The molecule has 6 nitrogen and oxygen atoms in total. The molecule has 2 aromatic rings. The normalized spacial score (nSPS) is 10.0. The van der Waals surface area contributed by atoms with Crippen LogP contribution in [0.25, 0.3) is 0 Å². The Morgan fingerprint density at radius 2 is 2.17 bits per heavy atom. The maximum atomic E-state index is 10.8. The smallest absolute Gasteiger partial charge is 0.296 e. The van der Waals surface area contributed by atoms with Crippen molar-refractivity contribution in [3.8, 4) is 5.75 Å². The number of rotatable bonds is 4. The molecule has 2 rings (SSSR count). The molecule has 0 aliphatic heterocycles. The Morgan fingerprint density at radius 1 is 1.33 bits per heavy atom. The first-order chi connectivity index (χ1) is 8.66. The maximum Gasteiger partial charge on any atom is 0.296 e. The van der Waals surface area contributed by atoms with E-state index in [2.05, 4.69) is 10.3 Å². The van der Waals surface area contributed by atoms with E-state index < -0.39 is 4.92 Å². The van der Waals surface area contributed by atoms with Gasteiger partial charge in [0, 0.05) is 6.20 Å². The predicted octanol–water partition coefficient (Wildman–Crippen LogP) is 2.31. The fourth-order valence-corrected chi connectivity index (χ4v) is 1.51. The quantitative estimate of drug-likeness (QED) is 0.490. The van der Waals surface area contributed by atoms with Crippen LogP contribution >= 0.6 is 0 Å². The van der Waals surface area contributed by atoms with Gasteiger partial charge in [-0.1, -0.05) is 6.07 Å². The molecule has 0 radical (unpaired) electrons. The summed E-state index contributed by atoms with van der Waals surface area (Å²) in [5.41, 5.74) is 0.967. The Morgan fingerprint density at radius 3 is 2.83 bits per heavy atom. The molecule has 0 unspecified atom stereocenters. The summed E-state index contributed by atoms with van der Waals surface area (Å²) in [5.74, 6) is -0.134. The molecule has 18 heavy (non-hydrogen) atoms. The Balaban J connectivity index is 2.17. The second kappa shape index (κ2) is 5.13. The van der Waals surface area contributed by atoms with Gasteiger partial charge in [-0.15, -0.1) is 0 Å². The van der Waals surface area contributed by atoms with Crippen molar-refractivity contribution in [1.29, 1.82) is 0 Å². The summed E-state index contributed by atoms with van der Waals surface area (Å²) in [7, 11) is 0. The maximum absolute atomic E-state index is 10.8. The summed E-state index contributed by atoms with van der Waals surface area (Å²) in [6.07, 6.45) is 1.66. The zero-order valence-corrected chi connectivity index (χ0v) is 9.41. The number of hydrogen-bond acceptors (Lipinski definition) is 5. The van der Waals surface area contributed by atoms with Gasteiger partial charge in [-0.3, -0.25) is 15.1 Å². The van der Waals surface area contributed by atoms with Gasteiger partial charge in [0.15, 0.2) is 0 Å². The first kappa shape index (κ1) is 11.8. The van der Waals surface area contributed by atoms with Crippen molar-refractivity contribution in [2.45, 2.75) is 6.54 Å². The van der Waals surface area contributed by atoms with Gasteiger partial charge < -0.3 is 10.4 Å². The fourth-order valence-electron chi connectivity index (χ4n) is 1.51. The molecule has 0 amide bonds. The number of hydrogen-bond donors (Lipinski definition) is 2. The van der Waals surface area contributed by atoms with Crippen LogP contribution in [-0.4, -0.2) is 15.0 Å². The van der Waals surface area contributed by atoms with E-state index in [1.165, 1.54) is 12.1 Å². The highest BCUT2D eigenvalue weighted by atomic mass is 16.6. The van der Waals surface area contributed by atoms with E-state index in [1.807, 2.05) is 12.1 Å². The molecular weight excluding hydrogens is 234 g/mol. The van der Waals surface area contributed by atoms with Crippen LogP contribution in [0, 0.1) is 10.1 Å². The standard InChI is InChI=1S/C12H11N3O3/c16-10-4-5-11(12(7-10)15(17)18)14-8-9-3-1-2-6-13-9/h1-7,14,16H,8H2. The minimum absolute atomic E-state index is 0.134. The summed E-state index contributed by atoms with van der Waals surface area (Å²) in [6.45, 7) is 0.381. The zero-order valence-electron chi connectivity index (χ0n) is 9.41. The molecule has 0 spiro atoms. The highest BCUT2D eigenvalue weighted by molar-refractivity contribution is 5.63. The lowest BCUT2D eigenvalue weighted by molar-refractivity contribution is -0.384. The van der Waals surface area contributed by atoms with Gasteiger partial charge in [0.1, 0.15) is 11.4 Å². The lowest BCUT2D eigenvalue weighted by Crippen LogP contribution is -2.03. The first-order valence-electron chi connectivity index (χ1n) is 5.28. The summed E-state index contributed by atoms with van der Waals surface area (Å²) in [6, 6.07) is 9.44. The van der Waals surface area contributed by atoms with Crippen molar-refractivity contribution < 1.29 is 10.0 Å². The Hall–Kier alpha value is -2.63. The molecule has 0 saturated carbocycles. The third-order valence-electron chi connectivity index (χ3n) is 2.36. The lowest BCUT2D eigenvalue weighted by Gasteiger charge is -2.06. The summed E-state index contributed by atoms with van der Waals surface area (Å²) >= 11 is 0. The highest BCUT2D eigenvalue weighted by Crippen LogP contribution is 2.28. The molecule has 0 aliphatic carbocycles. The third kappa shape index (κ3) is 2.73. The van der Waals surface area contributed by atoms with Crippen molar-refractivity contribution in [2.24, 2.45) is 0 Å². The van der Waals surface area contributed by atoms with Crippen LogP contribution in [0.2, 0.25) is 0 Å². The van der Waals surface area contributed by atoms with Gasteiger partial charge in [-0.05, 0) is 24.3 Å². The fraction of sp³-hybridized carbons (Fsp3) is 0.0833. The molecule has 0 aliphatic rings. The molecule has 0 saturated heterocycles. The Kier molecular flexibility index (Phi) is 3.38. The van der Waals surface area contributed by atoms with Crippen molar-refractivity contribution in [3.63, 3.8) is 0 Å². The first-order valence-corrected chi connectivity index (χ1v) is 5.28. The molecule has 0 fully saturated rings. The SMILES string of the molecule is O=[N+]([O-])c1cc(O)ccc1NCc1ccccn1. The Labute approximate surface area is 103 Å². The van der Waals surface area contributed by atoms with E-state index in [9.17, 15) is 15.2 Å². The van der Waals surface area contributed by atoms with Crippen LogP contribution < -0.4 is 5.32 Å². The number of nitrogens with zero attached hydrogens (tertiary/aromatic N) is 2. The molecule has 92 valence electrons. The predicted molar refractivity (Wildman–Crippen MR) is 66.3 cm³/mol. The minimum Gasteiger partial charge on any atom is -0.508 e. The Bertz CT molecular complexity index is 558. The van der Waals surface area contributed by atoms with Crippen LogP contribution in [-0.2, 0) is 6.54 Å². The van der Waals surface area contributed by atoms with Crippen molar-refractivity contribution in [1.82, 2.24) is 4.98 Å². The van der Waals surface area contributed by atoms with Crippen LogP contribution in [0.1, 0.15) is 5.69 Å². The molecule has 0 atom stereocenters. The van der Waals surface area contributed by atoms with E-state index in [4.69, 9.17) is 0 Å². The van der Waals surface area contributed by atoms with Gasteiger partial charge in [-0.2, -0.15) is 0 Å². The van der Waals surface area contributed by atoms with Crippen LogP contribution in [0.5, 0.6) is 5.75 Å². The van der Waals surface area contributed by atoms with Gasteiger partial charge in [0.05, 0.1) is 23.2 Å². The van der Waals surface area contributed by atoms with Gasteiger partial charge in [0.25, 0.3) is 5.69 Å². The molecule has 1 aromatic heterocycles. The van der Waals surface area contributed by atoms with Crippen molar-refractivity contribution in [2.75, 3.05) is 5.32 Å². The van der Waals surface area contributed by atoms with Crippen LogP contribution in [0.15, 0.2) is 42.6 Å². The lowest BCUT2D eigenvalue weighted by atomic mass is 10.2. The van der Waals surface area contributed by atoms with Gasteiger partial charge in [0.2, 0.25) is 0 Å². The second-order valence-electron chi connectivity index (χ2n) is 3.63. The van der Waals surface area contributed by atoms with Crippen LogP contribution in [0.4, 0.5) is 11.4 Å². The van der Waals surface area contributed by atoms with Gasteiger partial charge in [-0.25, -0.2) is 0 Å². The average Bonchev–Trinajstić information content (AvgIpc) is 2.38. The number of nitro groups is 1. The van der Waals surface area contributed by atoms with Crippen LogP contribution in [0.3, 0.4) is 0 Å². The van der Waals surface area contributed by atoms with E-state index in [1.54, 1.807) is 12.3 Å². The third-order valence-corrected chi connectivity index (χ3v) is 2.36. The van der Waals surface area contributed by atoms with E-state index in [0.29, 0.717) is 12.2 Å². The topological polar surface area (TPSA) is 88.3 Å². The number of aromatic nitrogens is 1. The molecule has 0 bridgehead atoms. The number of aromatic hydroxyl groups is 1. The highest BCUT2D eigenvalue weighted by Gasteiger charge is 2.14. The molecule has 1 heterocycles. The average molecular weight is 245 g/mol. The summed E-state index contributed by atoms with van der Waals surface area (Å²) in [5, 5.41) is 23.0. The second-order valence-corrected chi connectivity index (χ2v) is 3.63. The van der Waals surface area contributed by atoms with Crippen molar-refractivity contribution in [3.05, 3.63) is 58.4 Å². The number of benzene rings is 1. The molecular formula is C12H11N3O3. The number of phenolic OH excluding ortho intramolecular Hbond substituents is 1. The largest absolute Gasteiger partial charge is 0.508 e. The zero-order chi connectivity index (χ0) is 13.0. The van der Waals surface area contributed by atoms with E-state index in [-0.39, 0.29) is 11.4 Å². The monoisotopic (exact) mass is 245 g/mol. The molecule has 2 N–H and O–H groups in total. The molecule has 6 heteroatoms. The summed E-state index contributed by atoms with van der Waals surface area (Å²) in [4.78, 5) is 14.4. The number of anilines is 1. The number of nitro benzene ring substituents is 1. The summed E-state index contributed by atoms with van der Waals surface area (Å²) < 4.78 is 0. The van der Waals surface area contributed by atoms with E-state index in [0.717, 1.165) is 11.8 Å². The minimum atomic E-state index is -0.541. The number of nitrogens with one attached hydrogen (secondary N) is 1. The molecule has 1 aromatic carbocycles. The van der Waals surface area contributed by atoms with Crippen molar-refractivity contribution >= 4 is 11.4 Å².